The number of aliphatic carboxylic acids is 1. The Labute approximate surface area is 151 Å². The molecule has 3 N–H and O–H groups in total. The number of nitrogens with zero attached hydrogens (tertiary/aromatic N) is 1. The highest BCUT2D eigenvalue weighted by atomic mass is 35.5. The van der Waals surface area contributed by atoms with Crippen LogP contribution in [0, 0.1) is 0 Å². The van der Waals surface area contributed by atoms with Crippen LogP contribution >= 0.6 is 11.6 Å². The van der Waals surface area contributed by atoms with Gasteiger partial charge in [0.05, 0.1) is 13.1 Å². The zero-order valence-electron chi connectivity index (χ0n) is 14.0. The molecule has 0 aliphatic heterocycles. The number of carboxylic acid groups (broad SMARTS) is 1. The number of halogens is 1. The lowest BCUT2D eigenvalue weighted by Crippen LogP contribution is -2.55. The van der Waals surface area contributed by atoms with Crippen LogP contribution in [0.5, 0.6) is 0 Å². The van der Waals surface area contributed by atoms with Crippen molar-refractivity contribution in [3.05, 3.63) is 34.9 Å². The van der Waals surface area contributed by atoms with Gasteiger partial charge in [0.1, 0.15) is 0 Å². The Morgan fingerprint density at radius 1 is 1.32 bits per heavy atom. The third-order valence-electron chi connectivity index (χ3n) is 4.24. The number of benzene rings is 1. The number of amides is 2. The number of nitrogens with one attached hydrogen (secondary N) is 2. The molecule has 136 valence electrons. The van der Waals surface area contributed by atoms with Gasteiger partial charge in [-0.25, -0.2) is 0 Å². The van der Waals surface area contributed by atoms with E-state index >= 15 is 0 Å². The van der Waals surface area contributed by atoms with Crippen molar-refractivity contribution in [3.8, 4) is 0 Å². The number of carbonyl (C=O) groups excluding carboxylic acids is 2. The molecule has 2 rings (SSSR count). The first-order chi connectivity index (χ1) is 11.9. The topological polar surface area (TPSA) is 98.7 Å². The van der Waals surface area contributed by atoms with Crippen molar-refractivity contribution in [3.63, 3.8) is 0 Å². The smallest absolute Gasteiger partial charge is 0.317 e. The van der Waals surface area contributed by atoms with Crippen molar-refractivity contribution in [2.75, 3.05) is 19.6 Å². The molecule has 25 heavy (non-hydrogen) atoms. The van der Waals surface area contributed by atoms with Crippen LogP contribution in [0.2, 0.25) is 5.02 Å². The Balaban J connectivity index is 1.70. The van der Waals surface area contributed by atoms with E-state index in [9.17, 15) is 14.4 Å². The highest BCUT2D eigenvalue weighted by Gasteiger charge is 2.34. The molecule has 1 aliphatic rings. The summed E-state index contributed by atoms with van der Waals surface area (Å²) in [6, 6.07) is 6.69. The molecule has 0 radical (unpaired) electrons. The summed E-state index contributed by atoms with van der Waals surface area (Å²) in [7, 11) is 0. The van der Waals surface area contributed by atoms with Crippen LogP contribution in [-0.4, -0.2) is 59.5 Å². The van der Waals surface area contributed by atoms with Gasteiger partial charge in [-0.05, 0) is 37.6 Å². The van der Waals surface area contributed by atoms with E-state index in [-0.39, 0.29) is 37.0 Å². The maximum atomic E-state index is 11.9. The highest BCUT2D eigenvalue weighted by Crippen LogP contribution is 2.25. The number of hydrogen-bond acceptors (Lipinski definition) is 4. The molecule has 2 amide bonds. The summed E-state index contributed by atoms with van der Waals surface area (Å²) in [4.78, 5) is 36.5. The quantitative estimate of drug-likeness (QED) is 0.639. The molecule has 0 heterocycles. The van der Waals surface area contributed by atoms with Gasteiger partial charge in [-0.3, -0.25) is 19.3 Å². The molecule has 0 aromatic heterocycles. The highest BCUT2D eigenvalue weighted by molar-refractivity contribution is 6.30. The van der Waals surface area contributed by atoms with E-state index < -0.39 is 5.97 Å². The van der Waals surface area contributed by atoms with Gasteiger partial charge in [0.25, 0.3) is 5.91 Å². The van der Waals surface area contributed by atoms with E-state index in [1.54, 1.807) is 18.2 Å². The summed E-state index contributed by atoms with van der Waals surface area (Å²) >= 11 is 5.83. The fourth-order valence-electron chi connectivity index (χ4n) is 2.85. The van der Waals surface area contributed by atoms with Gasteiger partial charge in [-0.15, -0.1) is 0 Å². The number of rotatable bonds is 8. The van der Waals surface area contributed by atoms with E-state index in [4.69, 9.17) is 16.7 Å². The number of likely N-dealkylation sites (N-methyl/N-ethyl adjacent to an activating group) is 1. The molecular weight excluding hydrogens is 346 g/mol. The standard InChI is InChI=1S/C17H22ClN3O4/c1-2-21(10-16(23)24)14-7-13(8-14)20-15(22)9-19-17(25)11-4-3-5-12(18)6-11/h3-6,13-14H,2,7-10H2,1H3,(H,19,25)(H,20,22)(H,23,24). The van der Waals surface area contributed by atoms with Gasteiger partial charge in [-0.2, -0.15) is 0 Å². The zero-order chi connectivity index (χ0) is 18.4. The number of carbonyl (C=O) groups is 3. The predicted octanol–water partition coefficient (Wildman–Crippen LogP) is 1.12. The van der Waals surface area contributed by atoms with Crippen LogP contribution in [0.15, 0.2) is 24.3 Å². The molecule has 1 aromatic carbocycles. The second kappa shape index (κ2) is 8.82. The molecule has 8 heteroatoms. The van der Waals surface area contributed by atoms with Crippen LogP contribution in [0.25, 0.3) is 0 Å². The van der Waals surface area contributed by atoms with E-state index in [1.807, 2.05) is 11.8 Å². The van der Waals surface area contributed by atoms with Crippen molar-refractivity contribution in [2.45, 2.75) is 31.8 Å². The first-order valence-electron chi connectivity index (χ1n) is 8.18. The van der Waals surface area contributed by atoms with Crippen molar-refractivity contribution < 1.29 is 19.5 Å². The van der Waals surface area contributed by atoms with Gasteiger partial charge in [0.2, 0.25) is 5.91 Å². The van der Waals surface area contributed by atoms with Gasteiger partial charge in [-0.1, -0.05) is 24.6 Å². The number of hydrogen-bond donors (Lipinski definition) is 3. The molecule has 7 nitrogen and oxygen atoms in total. The third-order valence-corrected chi connectivity index (χ3v) is 4.47. The summed E-state index contributed by atoms with van der Waals surface area (Å²) in [5.74, 6) is -1.47. The predicted molar refractivity (Wildman–Crippen MR) is 93.6 cm³/mol. The molecule has 1 saturated carbocycles. The van der Waals surface area contributed by atoms with Gasteiger partial charge >= 0.3 is 5.97 Å². The molecule has 0 unspecified atom stereocenters. The fraction of sp³-hybridized carbons (Fsp3) is 0.471. The minimum Gasteiger partial charge on any atom is -0.480 e. The van der Waals surface area contributed by atoms with Gasteiger partial charge in [0, 0.05) is 22.7 Å². The van der Waals surface area contributed by atoms with Crippen molar-refractivity contribution in [1.29, 1.82) is 0 Å². The van der Waals surface area contributed by atoms with Gasteiger partial charge in [0.15, 0.2) is 0 Å². The molecule has 0 bridgehead atoms. The average Bonchev–Trinajstić information content (AvgIpc) is 2.53. The minimum absolute atomic E-state index is 0.0114. The van der Waals surface area contributed by atoms with Crippen LogP contribution in [0.1, 0.15) is 30.1 Å². The normalized spacial score (nSPS) is 19.2. The van der Waals surface area contributed by atoms with Crippen LogP contribution in [-0.2, 0) is 9.59 Å². The average molecular weight is 368 g/mol. The van der Waals surface area contributed by atoms with Crippen molar-refractivity contribution in [2.24, 2.45) is 0 Å². The first kappa shape index (κ1) is 19.2. The van der Waals surface area contributed by atoms with E-state index in [1.165, 1.54) is 6.07 Å². The van der Waals surface area contributed by atoms with Crippen LogP contribution < -0.4 is 10.6 Å². The summed E-state index contributed by atoms with van der Waals surface area (Å²) < 4.78 is 0. The van der Waals surface area contributed by atoms with E-state index in [0.717, 1.165) is 12.8 Å². The number of carboxylic acids is 1. The molecule has 0 spiro atoms. The molecule has 1 fully saturated rings. The second-order valence-electron chi connectivity index (χ2n) is 6.04. The van der Waals surface area contributed by atoms with Crippen molar-refractivity contribution in [1.82, 2.24) is 15.5 Å². The first-order valence-corrected chi connectivity index (χ1v) is 8.55. The summed E-state index contributed by atoms with van der Waals surface area (Å²) in [6.07, 6.45) is 1.43. The van der Waals surface area contributed by atoms with Crippen molar-refractivity contribution >= 4 is 29.4 Å². The maximum Gasteiger partial charge on any atom is 0.317 e. The summed E-state index contributed by atoms with van der Waals surface area (Å²) in [6.45, 7) is 2.48. The Hall–Kier alpha value is -2.12. The molecule has 0 saturated heterocycles. The fourth-order valence-corrected chi connectivity index (χ4v) is 3.04. The zero-order valence-corrected chi connectivity index (χ0v) is 14.8. The summed E-state index contributed by atoms with van der Waals surface area (Å²) in [5, 5.41) is 14.7. The molecule has 1 aliphatic carbocycles. The molecule has 0 atom stereocenters. The van der Waals surface area contributed by atoms with Crippen LogP contribution in [0.4, 0.5) is 0 Å². The lowest BCUT2D eigenvalue weighted by molar-refractivity contribution is -0.139. The maximum absolute atomic E-state index is 11.9. The lowest BCUT2D eigenvalue weighted by atomic mass is 9.85. The van der Waals surface area contributed by atoms with Crippen LogP contribution in [0.3, 0.4) is 0 Å². The monoisotopic (exact) mass is 367 g/mol. The van der Waals surface area contributed by atoms with E-state index in [2.05, 4.69) is 10.6 Å². The largest absolute Gasteiger partial charge is 0.480 e. The Bertz CT molecular complexity index is 647. The van der Waals surface area contributed by atoms with Gasteiger partial charge < -0.3 is 15.7 Å². The lowest BCUT2D eigenvalue weighted by Gasteiger charge is -2.42. The SMILES string of the molecule is CCN(CC(=O)O)C1CC(NC(=O)CNC(=O)c2cccc(Cl)c2)C1. The molecule has 1 aromatic rings. The minimum atomic E-state index is -0.849. The summed E-state index contributed by atoms with van der Waals surface area (Å²) in [5.41, 5.74) is 0.399. The molecular formula is C17H22ClN3O4. The Morgan fingerprint density at radius 2 is 2.04 bits per heavy atom. The third kappa shape index (κ3) is 5.72. The Morgan fingerprint density at radius 3 is 2.64 bits per heavy atom. The Kier molecular flexibility index (Phi) is 6.78. The van der Waals surface area contributed by atoms with E-state index in [0.29, 0.717) is 17.1 Å². The second-order valence-corrected chi connectivity index (χ2v) is 6.48.